The SMILES string of the molecule is Cc1ccc(Nc2nc(N)nc(C3CCCC3=O)n2)cc1C. The van der Waals surface area contributed by atoms with Gasteiger partial charge in [-0.15, -0.1) is 0 Å². The topological polar surface area (TPSA) is 93.8 Å². The first-order valence-electron chi connectivity index (χ1n) is 7.41. The van der Waals surface area contributed by atoms with Gasteiger partial charge in [0.15, 0.2) is 0 Å². The summed E-state index contributed by atoms with van der Waals surface area (Å²) >= 11 is 0. The monoisotopic (exact) mass is 297 g/mol. The number of aromatic nitrogens is 3. The van der Waals surface area contributed by atoms with E-state index in [-0.39, 0.29) is 17.6 Å². The molecule has 0 amide bonds. The Labute approximate surface area is 129 Å². The van der Waals surface area contributed by atoms with Crippen LogP contribution in [0.4, 0.5) is 17.6 Å². The summed E-state index contributed by atoms with van der Waals surface area (Å²) in [6.45, 7) is 4.11. The molecule has 6 heteroatoms. The number of carbonyl (C=O) groups is 1. The number of nitrogen functional groups attached to an aromatic ring is 1. The molecule has 1 atom stereocenters. The number of hydrogen-bond donors (Lipinski definition) is 2. The highest BCUT2D eigenvalue weighted by atomic mass is 16.1. The van der Waals surface area contributed by atoms with Crippen molar-refractivity contribution >= 4 is 23.4 Å². The molecule has 0 spiro atoms. The Hall–Kier alpha value is -2.50. The fraction of sp³-hybridized carbons (Fsp3) is 0.375. The quantitative estimate of drug-likeness (QED) is 0.904. The molecule has 0 radical (unpaired) electrons. The van der Waals surface area contributed by atoms with Gasteiger partial charge in [-0.2, -0.15) is 15.0 Å². The van der Waals surface area contributed by atoms with Crippen LogP contribution in [0.25, 0.3) is 0 Å². The van der Waals surface area contributed by atoms with E-state index >= 15 is 0 Å². The highest BCUT2D eigenvalue weighted by Crippen LogP contribution is 2.30. The van der Waals surface area contributed by atoms with E-state index in [1.165, 1.54) is 11.1 Å². The first-order valence-corrected chi connectivity index (χ1v) is 7.41. The zero-order valence-electron chi connectivity index (χ0n) is 12.8. The molecule has 1 aliphatic rings. The maximum Gasteiger partial charge on any atom is 0.232 e. The molecule has 0 saturated heterocycles. The molecule has 1 aliphatic carbocycles. The third kappa shape index (κ3) is 2.90. The third-order valence-corrected chi connectivity index (χ3v) is 4.05. The Morgan fingerprint density at radius 1 is 1.18 bits per heavy atom. The Morgan fingerprint density at radius 3 is 2.68 bits per heavy atom. The summed E-state index contributed by atoms with van der Waals surface area (Å²) in [6, 6.07) is 6.02. The zero-order valence-corrected chi connectivity index (χ0v) is 12.8. The van der Waals surface area contributed by atoms with Crippen molar-refractivity contribution in [1.29, 1.82) is 0 Å². The van der Waals surface area contributed by atoms with Crippen LogP contribution >= 0.6 is 0 Å². The fourth-order valence-electron chi connectivity index (χ4n) is 2.66. The number of rotatable bonds is 3. The van der Waals surface area contributed by atoms with E-state index in [2.05, 4.69) is 27.2 Å². The summed E-state index contributed by atoms with van der Waals surface area (Å²) in [4.78, 5) is 24.5. The van der Waals surface area contributed by atoms with Crippen molar-refractivity contribution in [2.24, 2.45) is 0 Å². The van der Waals surface area contributed by atoms with Crippen molar-refractivity contribution in [3.63, 3.8) is 0 Å². The molecule has 0 bridgehead atoms. The number of nitrogens with zero attached hydrogens (tertiary/aromatic N) is 3. The number of carbonyl (C=O) groups excluding carboxylic acids is 1. The highest BCUT2D eigenvalue weighted by molar-refractivity contribution is 5.86. The average molecular weight is 297 g/mol. The van der Waals surface area contributed by atoms with Crippen molar-refractivity contribution in [1.82, 2.24) is 15.0 Å². The van der Waals surface area contributed by atoms with Crippen LogP contribution in [0.1, 0.15) is 42.1 Å². The van der Waals surface area contributed by atoms with Crippen molar-refractivity contribution in [3.05, 3.63) is 35.2 Å². The summed E-state index contributed by atoms with van der Waals surface area (Å²) < 4.78 is 0. The Kier molecular flexibility index (Phi) is 3.75. The number of benzene rings is 1. The van der Waals surface area contributed by atoms with Crippen LogP contribution < -0.4 is 11.1 Å². The number of anilines is 3. The van der Waals surface area contributed by atoms with E-state index in [0.29, 0.717) is 18.2 Å². The molecule has 114 valence electrons. The van der Waals surface area contributed by atoms with Gasteiger partial charge in [0, 0.05) is 12.1 Å². The maximum atomic E-state index is 11.9. The van der Waals surface area contributed by atoms with Crippen LogP contribution in [0.5, 0.6) is 0 Å². The lowest BCUT2D eigenvalue weighted by atomic mass is 10.1. The number of nitrogens with two attached hydrogens (primary N) is 1. The van der Waals surface area contributed by atoms with Gasteiger partial charge in [-0.05, 0) is 49.9 Å². The normalized spacial score (nSPS) is 17.7. The first-order chi connectivity index (χ1) is 10.5. The minimum atomic E-state index is -0.245. The maximum absolute atomic E-state index is 11.9. The van der Waals surface area contributed by atoms with Gasteiger partial charge in [0.1, 0.15) is 11.6 Å². The van der Waals surface area contributed by atoms with E-state index < -0.39 is 0 Å². The minimum Gasteiger partial charge on any atom is -0.368 e. The summed E-state index contributed by atoms with van der Waals surface area (Å²) in [6.07, 6.45) is 2.26. The predicted octanol–water partition coefficient (Wildman–Crippen LogP) is 2.65. The minimum absolute atomic E-state index is 0.135. The van der Waals surface area contributed by atoms with Crippen LogP contribution in [-0.2, 0) is 4.79 Å². The van der Waals surface area contributed by atoms with E-state index in [9.17, 15) is 4.79 Å². The Balaban J connectivity index is 1.89. The smallest absolute Gasteiger partial charge is 0.232 e. The molecule has 1 unspecified atom stereocenters. The molecule has 3 rings (SSSR count). The molecule has 1 heterocycles. The van der Waals surface area contributed by atoms with Crippen LogP contribution in [0.3, 0.4) is 0 Å². The van der Waals surface area contributed by atoms with Crippen molar-refractivity contribution in [3.8, 4) is 0 Å². The molecular formula is C16H19N5O. The van der Waals surface area contributed by atoms with Gasteiger partial charge in [0.05, 0.1) is 5.92 Å². The van der Waals surface area contributed by atoms with E-state index in [4.69, 9.17) is 5.73 Å². The molecule has 2 aromatic rings. The highest BCUT2D eigenvalue weighted by Gasteiger charge is 2.29. The van der Waals surface area contributed by atoms with E-state index in [1.54, 1.807) is 0 Å². The molecule has 1 aromatic carbocycles. The molecule has 0 aliphatic heterocycles. The van der Waals surface area contributed by atoms with Crippen LogP contribution in [0.2, 0.25) is 0 Å². The summed E-state index contributed by atoms with van der Waals surface area (Å²) in [7, 11) is 0. The van der Waals surface area contributed by atoms with E-state index in [1.807, 2.05) is 25.1 Å². The molecule has 6 nitrogen and oxygen atoms in total. The second-order valence-corrected chi connectivity index (χ2v) is 5.71. The largest absolute Gasteiger partial charge is 0.368 e. The lowest BCUT2D eigenvalue weighted by Gasteiger charge is -2.11. The van der Waals surface area contributed by atoms with Gasteiger partial charge in [0.25, 0.3) is 0 Å². The van der Waals surface area contributed by atoms with Crippen LogP contribution in [0, 0.1) is 13.8 Å². The van der Waals surface area contributed by atoms with Crippen LogP contribution in [-0.4, -0.2) is 20.7 Å². The Morgan fingerprint density at radius 2 is 2.00 bits per heavy atom. The summed E-state index contributed by atoms with van der Waals surface area (Å²) in [5.41, 5.74) is 9.05. The van der Waals surface area contributed by atoms with E-state index in [0.717, 1.165) is 18.5 Å². The number of hydrogen-bond acceptors (Lipinski definition) is 6. The Bertz CT molecular complexity index is 728. The number of aryl methyl sites for hydroxylation is 2. The molecule has 22 heavy (non-hydrogen) atoms. The molecule has 1 saturated carbocycles. The molecule has 1 aromatic heterocycles. The number of ketones is 1. The molecule has 1 fully saturated rings. The second kappa shape index (κ2) is 5.71. The lowest BCUT2D eigenvalue weighted by Crippen LogP contribution is -2.13. The zero-order chi connectivity index (χ0) is 15.7. The lowest BCUT2D eigenvalue weighted by molar-refractivity contribution is -0.118. The van der Waals surface area contributed by atoms with Crippen molar-refractivity contribution in [2.45, 2.75) is 39.0 Å². The predicted molar refractivity (Wildman–Crippen MR) is 85.0 cm³/mol. The van der Waals surface area contributed by atoms with Gasteiger partial charge in [-0.3, -0.25) is 4.79 Å². The summed E-state index contributed by atoms with van der Waals surface area (Å²) in [5.74, 6) is 0.927. The van der Waals surface area contributed by atoms with Gasteiger partial charge in [-0.1, -0.05) is 6.07 Å². The second-order valence-electron chi connectivity index (χ2n) is 5.71. The fourth-order valence-corrected chi connectivity index (χ4v) is 2.66. The number of Topliss-reactive ketones (excluding diaryl/α,β-unsaturated/α-hetero) is 1. The number of nitrogens with one attached hydrogen (secondary N) is 1. The first kappa shape index (κ1) is 14.4. The van der Waals surface area contributed by atoms with Crippen molar-refractivity contribution in [2.75, 3.05) is 11.1 Å². The molecule has 3 N–H and O–H groups in total. The van der Waals surface area contributed by atoms with Crippen LogP contribution in [0.15, 0.2) is 18.2 Å². The molecular weight excluding hydrogens is 278 g/mol. The van der Waals surface area contributed by atoms with Gasteiger partial charge in [-0.25, -0.2) is 0 Å². The van der Waals surface area contributed by atoms with Gasteiger partial charge in [0.2, 0.25) is 11.9 Å². The summed E-state index contributed by atoms with van der Waals surface area (Å²) in [5, 5.41) is 3.14. The van der Waals surface area contributed by atoms with Crippen molar-refractivity contribution < 1.29 is 4.79 Å². The van der Waals surface area contributed by atoms with Gasteiger partial charge < -0.3 is 11.1 Å². The standard InChI is InChI=1S/C16H19N5O/c1-9-6-7-11(8-10(9)2)18-16-20-14(19-15(17)21-16)12-4-3-5-13(12)22/h6-8,12H,3-5H2,1-2H3,(H3,17,18,19,20,21). The third-order valence-electron chi connectivity index (χ3n) is 4.05. The van der Waals surface area contributed by atoms with Gasteiger partial charge >= 0.3 is 0 Å². The average Bonchev–Trinajstić information content (AvgIpc) is 2.88.